The summed E-state index contributed by atoms with van der Waals surface area (Å²) in [5, 5.41) is 0.539. The fourth-order valence-electron chi connectivity index (χ4n) is 1.94. The average molecular weight is 283 g/mol. The molecule has 0 aromatic heterocycles. The Balaban J connectivity index is 3.00. The number of carbonyl (C=O) groups excluding carboxylic acids is 1. The summed E-state index contributed by atoms with van der Waals surface area (Å²) in [4.78, 5) is 14.5. The molecule has 2 N–H and O–H groups in total. The summed E-state index contributed by atoms with van der Waals surface area (Å²) in [7, 11) is 0. The van der Waals surface area contributed by atoms with Gasteiger partial charge < -0.3 is 10.6 Å². The van der Waals surface area contributed by atoms with Gasteiger partial charge in [-0.15, -0.1) is 0 Å². The minimum atomic E-state index is -0.0252. The maximum absolute atomic E-state index is 12.6. The summed E-state index contributed by atoms with van der Waals surface area (Å²) in [6.45, 7) is 7.02. The van der Waals surface area contributed by atoms with E-state index in [1.54, 1.807) is 18.2 Å². The van der Waals surface area contributed by atoms with Crippen LogP contribution in [0.5, 0.6) is 0 Å². The Bertz CT molecular complexity index is 434. The van der Waals surface area contributed by atoms with Gasteiger partial charge in [-0.2, -0.15) is 0 Å². The number of benzene rings is 1. The summed E-state index contributed by atoms with van der Waals surface area (Å²) in [5.41, 5.74) is 6.88. The van der Waals surface area contributed by atoms with Crippen LogP contribution in [0.2, 0.25) is 5.02 Å². The standard InChI is InChI=1S/C15H23ClN2O/c1-4-6-9-18(11(3)5-2)15(19)13-10-12(16)7-8-14(13)17/h7-8,10-11H,4-6,9,17H2,1-3H3. The van der Waals surface area contributed by atoms with Gasteiger partial charge in [0.2, 0.25) is 0 Å². The van der Waals surface area contributed by atoms with Crippen LogP contribution in [-0.2, 0) is 0 Å². The third-order valence-electron chi connectivity index (χ3n) is 3.38. The van der Waals surface area contributed by atoms with Crippen LogP contribution in [0.3, 0.4) is 0 Å². The second kappa shape index (κ2) is 7.39. The molecule has 1 amide bonds. The van der Waals surface area contributed by atoms with Crippen molar-refractivity contribution in [3.8, 4) is 0 Å². The molecule has 1 unspecified atom stereocenters. The van der Waals surface area contributed by atoms with Crippen LogP contribution in [-0.4, -0.2) is 23.4 Å². The van der Waals surface area contributed by atoms with Crippen LogP contribution >= 0.6 is 11.6 Å². The van der Waals surface area contributed by atoms with E-state index in [1.807, 2.05) is 4.90 Å². The number of nitrogen functional groups attached to an aromatic ring is 1. The van der Waals surface area contributed by atoms with E-state index in [1.165, 1.54) is 0 Å². The fourth-order valence-corrected chi connectivity index (χ4v) is 2.11. The van der Waals surface area contributed by atoms with E-state index in [0.717, 1.165) is 25.8 Å². The van der Waals surface area contributed by atoms with Gasteiger partial charge in [0, 0.05) is 23.3 Å². The molecule has 19 heavy (non-hydrogen) atoms. The first-order valence-electron chi connectivity index (χ1n) is 6.87. The van der Waals surface area contributed by atoms with Crippen molar-refractivity contribution in [1.82, 2.24) is 4.90 Å². The fraction of sp³-hybridized carbons (Fsp3) is 0.533. The molecule has 0 aliphatic heterocycles. The molecule has 0 bridgehead atoms. The third-order valence-corrected chi connectivity index (χ3v) is 3.62. The van der Waals surface area contributed by atoms with Crippen LogP contribution in [0.15, 0.2) is 18.2 Å². The van der Waals surface area contributed by atoms with E-state index in [-0.39, 0.29) is 11.9 Å². The first kappa shape index (κ1) is 15.8. The second-order valence-corrected chi connectivity index (χ2v) is 5.28. The van der Waals surface area contributed by atoms with Gasteiger partial charge in [-0.05, 0) is 38.0 Å². The normalized spacial score (nSPS) is 12.2. The van der Waals surface area contributed by atoms with E-state index >= 15 is 0 Å². The largest absolute Gasteiger partial charge is 0.398 e. The van der Waals surface area contributed by atoms with E-state index < -0.39 is 0 Å². The molecule has 0 fully saturated rings. The highest BCUT2D eigenvalue weighted by molar-refractivity contribution is 6.31. The van der Waals surface area contributed by atoms with E-state index in [9.17, 15) is 4.79 Å². The quantitative estimate of drug-likeness (QED) is 0.803. The lowest BCUT2D eigenvalue weighted by atomic mass is 10.1. The van der Waals surface area contributed by atoms with Gasteiger partial charge in [-0.3, -0.25) is 4.79 Å². The SMILES string of the molecule is CCCCN(C(=O)c1cc(Cl)ccc1N)C(C)CC. The Kier molecular flexibility index (Phi) is 6.16. The molecule has 3 nitrogen and oxygen atoms in total. The van der Waals surface area contributed by atoms with Crippen molar-refractivity contribution < 1.29 is 4.79 Å². The molecule has 1 atom stereocenters. The highest BCUT2D eigenvalue weighted by Crippen LogP contribution is 2.21. The minimum absolute atomic E-state index is 0.0252. The van der Waals surface area contributed by atoms with Crippen LogP contribution < -0.4 is 5.73 Å². The highest BCUT2D eigenvalue weighted by Gasteiger charge is 2.21. The molecule has 0 aliphatic rings. The van der Waals surface area contributed by atoms with Gasteiger partial charge in [0.15, 0.2) is 0 Å². The number of unbranched alkanes of at least 4 members (excludes halogenated alkanes) is 1. The lowest BCUT2D eigenvalue weighted by Gasteiger charge is -2.29. The third kappa shape index (κ3) is 4.13. The predicted octanol–water partition coefficient (Wildman–Crippen LogP) is 3.96. The van der Waals surface area contributed by atoms with E-state index in [0.29, 0.717) is 16.3 Å². The predicted molar refractivity (Wildman–Crippen MR) is 81.6 cm³/mol. The summed E-state index contributed by atoms with van der Waals surface area (Å²) in [6.07, 6.45) is 2.98. The zero-order valence-corrected chi connectivity index (χ0v) is 12.7. The second-order valence-electron chi connectivity index (χ2n) is 4.84. The highest BCUT2D eigenvalue weighted by atomic mass is 35.5. The Labute approximate surface area is 120 Å². The Morgan fingerprint density at radius 2 is 2.11 bits per heavy atom. The molecular formula is C15H23ClN2O. The molecule has 1 aromatic rings. The average Bonchev–Trinajstić information content (AvgIpc) is 2.41. The van der Waals surface area contributed by atoms with Crippen molar-refractivity contribution in [2.45, 2.75) is 46.1 Å². The van der Waals surface area contributed by atoms with Crippen LogP contribution in [0.1, 0.15) is 50.4 Å². The van der Waals surface area contributed by atoms with Crippen molar-refractivity contribution in [2.75, 3.05) is 12.3 Å². The number of nitrogens with two attached hydrogens (primary N) is 1. The number of amides is 1. The summed E-state index contributed by atoms with van der Waals surface area (Å²) < 4.78 is 0. The van der Waals surface area contributed by atoms with Gasteiger partial charge in [0.25, 0.3) is 5.91 Å². The lowest BCUT2D eigenvalue weighted by Crippen LogP contribution is -2.39. The molecule has 0 heterocycles. The molecule has 4 heteroatoms. The van der Waals surface area contributed by atoms with Crippen molar-refractivity contribution in [2.24, 2.45) is 0 Å². The lowest BCUT2D eigenvalue weighted by molar-refractivity contribution is 0.0686. The van der Waals surface area contributed by atoms with Crippen LogP contribution in [0.4, 0.5) is 5.69 Å². The first-order chi connectivity index (χ1) is 9.01. The molecule has 0 radical (unpaired) electrons. The maximum atomic E-state index is 12.6. The molecule has 106 valence electrons. The number of hydrogen-bond donors (Lipinski definition) is 1. The zero-order valence-electron chi connectivity index (χ0n) is 11.9. The maximum Gasteiger partial charge on any atom is 0.256 e. The van der Waals surface area contributed by atoms with Gasteiger partial charge in [-0.25, -0.2) is 0 Å². The summed E-state index contributed by atoms with van der Waals surface area (Å²) in [6, 6.07) is 5.25. The number of nitrogens with zero attached hydrogens (tertiary/aromatic N) is 1. The van der Waals surface area contributed by atoms with Crippen LogP contribution in [0.25, 0.3) is 0 Å². The summed E-state index contributed by atoms with van der Waals surface area (Å²) in [5.74, 6) is -0.0252. The molecule has 0 saturated heterocycles. The van der Waals surface area contributed by atoms with Gasteiger partial charge in [0.1, 0.15) is 0 Å². The number of rotatable bonds is 6. The Morgan fingerprint density at radius 1 is 1.42 bits per heavy atom. The number of carbonyl (C=O) groups is 1. The number of anilines is 1. The number of halogens is 1. The van der Waals surface area contributed by atoms with Crippen molar-refractivity contribution in [3.63, 3.8) is 0 Å². The minimum Gasteiger partial charge on any atom is -0.398 e. The molecule has 1 rings (SSSR count). The van der Waals surface area contributed by atoms with Crippen molar-refractivity contribution in [1.29, 1.82) is 0 Å². The first-order valence-corrected chi connectivity index (χ1v) is 7.25. The molecule has 0 saturated carbocycles. The number of hydrogen-bond acceptors (Lipinski definition) is 2. The molecule has 0 aliphatic carbocycles. The smallest absolute Gasteiger partial charge is 0.256 e. The Hall–Kier alpha value is -1.22. The van der Waals surface area contributed by atoms with Crippen molar-refractivity contribution in [3.05, 3.63) is 28.8 Å². The van der Waals surface area contributed by atoms with E-state index in [2.05, 4.69) is 20.8 Å². The molecular weight excluding hydrogens is 260 g/mol. The zero-order chi connectivity index (χ0) is 14.4. The van der Waals surface area contributed by atoms with Gasteiger partial charge in [0.05, 0.1) is 5.56 Å². The van der Waals surface area contributed by atoms with Gasteiger partial charge in [-0.1, -0.05) is 31.9 Å². The summed E-state index contributed by atoms with van der Waals surface area (Å²) >= 11 is 5.96. The van der Waals surface area contributed by atoms with Crippen molar-refractivity contribution >= 4 is 23.2 Å². The van der Waals surface area contributed by atoms with Gasteiger partial charge >= 0.3 is 0 Å². The van der Waals surface area contributed by atoms with Crippen LogP contribution in [0, 0.1) is 0 Å². The molecule has 1 aromatic carbocycles. The Morgan fingerprint density at radius 3 is 2.68 bits per heavy atom. The topological polar surface area (TPSA) is 46.3 Å². The van der Waals surface area contributed by atoms with E-state index in [4.69, 9.17) is 17.3 Å². The molecule has 0 spiro atoms. The monoisotopic (exact) mass is 282 g/mol.